The summed E-state index contributed by atoms with van der Waals surface area (Å²) in [6.45, 7) is 17.2. The van der Waals surface area contributed by atoms with Gasteiger partial charge in [-0.25, -0.2) is 15.0 Å². The van der Waals surface area contributed by atoms with E-state index in [1.165, 1.54) is 6.33 Å². The van der Waals surface area contributed by atoms with Crippen molar-refractivity contribution in [3.8, 4) is 0 Å². The minimum absolute atomic E-state index is 0.0694. The number of hydrogen-bond donors (Lipinski definition) is 1. The van der Waals surface area contributed by atoms with E-state index in [0.717, 1.165) is 11.7 Å². The molecule has 0 fully saturated rings. The van der Waals surface area contributed by atoms with Gasteiger partial charge < -0.3 is 0 Å². The summed E-state index contributed by atoms with van der Waals surface area (Å²) in [7, 11) is 0. The topological polar surface area (TPSA) is 109 Å². The van der Waals surface area contributed by atoms with Crippen LogP contribution in [0.1, 0.15) is 67.3 Å². The zero-order valence-corrected chi connectivity index (χ0v) is 17.1. The number of aliphatic imine (C=N–C) groups is 1. The molecule has 2 aromatic heterocycles. The number of nitrogens with zero attached hydrogens (tertiary/aromatic N) is 8. The second-order valence-electron chi connectivity index (χ2n) is 8.17. The smallest absolute Gasteiger partial charge is 0.153 e. The van der Waals surface area contributed by atoms with Gasteiger partial charge in [0.1, 0.15) is 24.8 Å². The van der Waals surface area contributed by atoms with Gasteiger partial charge in [-0.3, -0.25) is 9.78 Å². The molecule has 0 aromatic carbocycles. The maximum Gasteiger partial charge on any atom is 0.153 e. The van der Waals surface area contributed by atoms with Crippen molar-refractivity contribution in [3.05, 3.63) is 24.8 Å². The molecule has 1 aliphatic heterocycles. The van der Waals surface area contributed by atoms with E-state index in [1.807, 2.05) is 0 Å². The zero-order valence-electron chi connectivity index (χ0n) is 17.1. The van der Waals surface area contributed by atoms with E-state index in [-0.39, 0.29) is 10.8 Å². The van der Waals surface area contributed by atoms with Crippen molar-refractivity contribution in [2.24, 2.45) is 20.6 Å². The highest BCUT2D eigenvalue weighted by Gasteiger charge is 2.20. The highest BCUT2D eigenvalue weighted by atomic mass is 15.3. The largest absolute Gasteiger partial charge is 0.263 e. The first-order valence-corrected chi connectivity index (χ1v) is 8.64. The van der Waals surface area contributed by atoms with Crippen LogP contribution in [-0.2, 0) is 5.41 Å². The molecule has 9 nitrogen and oxygen atoms in total. The molecule has 0 amide bonds. The lowest BCUT2D eigenvalue weighted by Crippen LogP contribution is -2.16. The Balaban J connectivity index is 0.000000195. The van der Waals surface area contributed by atoms with Crippen molar-refractivity contribution in [2.75, 3.05) is 6.67 Å². The minimum Gasteiger partial charge on any atom is -0.263 e. The standard InChI is InChI=1S/2C6H11N3.C5H9N3/c2*1-6(2,3)5-7-4-8-9-5;1-5(2)8-4-6-3-7-8/h4H2,1-3H3;4H,1-3H3,(H,7,8,9);3-5H,1-2H3. The second-order valence-corrected chi connectivity index (χ2v) is 8.17. The first-order chi connectivity index (χ1) is 12.0. The van der Waals surface area contributed by atoms with E-state index in [0.29, 0.717) is 12.7 Å². The minimum atomic E-state index is 0.0694. The molecule has 0 bridgehead atoms. The van der Waals surface area contributed by atoms with Crippen LogP contribution in [0.5, 0.6) is 0 Å². The number of nitrogens with one attached hydrogen (secondary N) is 1. The Hall–Kier alpha value is -2.45. The first-order valence-electron chi connectivity index (χ1n) is 8.64. The van der Waals surface area contributed by atoms with Crippen LogP contribution in [0.4, 0.5) is 0 Å². The molecule has 0 saturated carbocycles. The first kappa shape index (κ1) is 21.6. The summed E-state index contributed by atoms with van der Waals surface area (Å²) in [4.78, 5) is 11.9. The zero-order chi connectivity index (χ0) is 19.8. The van der Waals surface area contributed by atoms with Crippen LogP contribution in [-0.4, -0.2) is 42.5 Å². The van der Waals surface area contributed by atoms with Crippen LogP contribution in [0.15, 0.2) is 34.2 Å². The van der Waals surface area contributed by atoms with Crippen molar-refractivity contribution >= 4 is 5.84 Å². The van der Waals surface area contributed by atoms with Crippen molar-refractivity contribution in [1.82, 2.24) is 29.9 Å². The van der Waals surface area contributed by atoms with Crippen molar-refractivity contribution < 1.29 is 0 Å². The normalized spacial score (nSPS) is 13.7. The van der Waals surface area contributed by atoms with Gasteiger partial charge >= 0.3 is 0 Å². The van der Waals surface area contributed by atoms with Gasteiger partial charge in [0.15, 0.2) is 12.5 Å². The molecule has 26 heavy (non-hydrogen) atoms. The molecule has 144 valence electrons. The van der Waals surface area contributed by atoms with Crippen molar-refractivity contribution in [3.63, 3.8) is 0 Å². The number of azo groups is 1. The van der Waals surface area contributed by atoms with Crippen LogP contribution in [0, 0.1) is 5.41 Å². The predicted molar refractivity (Wildman–Crippen MR) is 102 cm³/mol. The summed E-state index contributed by atoms with van der Waals surface area (Å²) in [5.41, 5.74) is 0.163. The van der Waals surface area contributed by atoms with Gasteiger partial charge in [0.25, 0.3) is 0 Å². The molecule has 2 aromatic rings. The maximum atomic E-state index is 4.09. The third kappa shape index (κ3) is 7.62. The maximum absolute atomic E-state index is 4.09. The van der Waals surface area contributed by atoms with Gasteiger partial charge in [-0.1, -0.05) is 41.5 Å². The lowest BCUT2D eigenvalue weighted by Gasteiger charge is -2.13. The number of hydrogen-bond acceptors (Lipinski definition) is 7. The summed E-state index contributed by atoms with van der Waals surface area (Å²) < 4.78 is 1.81. The Kier molecular flexibility index (Phi) is 7.73. The van der Waals surface area contributed by atoms with E-state index >= 15 is 0 Å². The fourth-order valence-corrected chi connectivity index (χ4v) is 1.67. The predicted octanol–water partition coefficient (Wildman–Crippen LogP) is 3.82. The second kappa shape index (κ2) is 9.30. The Morgan fingerprint density at radius 1 is 1.04 bits per heavy atom. The summed E-state index contributed by atoms with van der Waals surface area (Å²) in [6, 6.07) is 0.428. The number of aromatic nitrogens is 6. The molecule has 0 radical (unpaired) electrons. The molecule has 0 aliphatic carbocycles. The molecule has 3 heterocycles. The Morgan fingerprint density at radius 2 is 1.73 bits per heavy atom. The van der Waals surface area contributed by atoms with Crippen LogP contribution in [0.2, 0.25) is 0 Å². The van der Waals surface area contributed by atoms with E-state index in [9.17, 15) is 0 Å². The molecule has 1 N–H and O–H groups in total. The highest BCUT2D eigenvalue weighted by molar-refractivity contribution is 5.88. The molecule has 0 unspecified atom stereocenters. The molecule has 0 atom stereocenters. The summed E-state index contributed by atoms with van der Waals surface area (Å²) in [6.07, 6.45) is 4.78. The third-order valence-corrected chi connectivity index (χ3v) is 3.21. The van der Waals surface area contributed by atoms with E-state index in [4.69, 9.17) is 0 Å². The molecule has 0 spiro atoms. The molecule has 9 heteroatoms. The molecule has 1 aliphatic rings. The fraction of sp³-hybridized carbons (Fsp3) is 0.706. The Bertz CT molecular complexity index is 669. The Labute approximate surface area is 155 Å². The van der Waals surface area contributed by atoms with Crippen LogP contribution in [0.3, 0.4) is 0 Å². The molecule has 3 rings (SSSR count). The lowest BCUT2D eigenvalue weighted by atomic mass is 9.96. The van der Waals surface area contributed by atoms with Crippen LogP contribution < -0.4 is 0 Å². The molecular formula is C17H31N9. The van der Waals surface area contributed by atoms with Gasteiger partial charge in [0, 0.05) is 16.9 Å². The van der Waals surface area contributed by atoms with Crippen LogP contribution in [0.25, 0.3) is 0 Å². The molecular weight excluding hydrogens is 330 g/mol. The van der Waals surface area contributed by atoms with Crippen LogP contribution >= 0.6 is 0 Å². The van der Waals surface area contributed by atoms with Gasteiger partial charge in [-0.2, -0.15) is 15.3 Å². The van der Waals surface area contributed by atoms with Gasteiger partial charge in [-0.05, 0) is 13.8 Å². The SMILES string of the molecule is CC(C)(C)C1=NCN=N1.CC(C)(C)c1ncn[nH]1.CC(C)n1cncn1. The summed E-state index contributed by atoms with van der Waals surface area (Å²) in [5, 5.41) is 18.1. The number of aromatic amines is 1. The monoisotopic (exact) mass is 361 g/mol. The number of amidine groups is 1. The van der Waals surface area contributed by atoms with E-state index < -0.39 is 0 Å². The summed E-state index contributed by atoms with van der Waals surface area (Å²) >= 11 is 0. The average Bonchev–Trinajstić information content (AvgIpc) is 3.28. The van der Waals surface area contributed by atoms with Gasteiger partial charge in [0.05, 0.1) is 0 Å². The lowest BCUT2D eigenvalue weighted by molar-refractivity contribution is 0.531. The highest BCUT2D eigenvalue weighted by Crippen LogP contribution is 2.19. The van der Waals surface area contributed by atoms with E-state index in [1.54, 1.807) is 17.3 Å². The average molecular weight is 361 g/mol. The third-order valence-electron chi connectivity index (χ3n) is 3.21. The Morgan fingerprint density at radius 3 is 1.96 bits per heavy atom. The quantitative estimate of drug-likeness (QED) is 0.832. The van der Waals surface area contributed by atoms with Crippen molar-refractivity contribution in [1.29, 1.82) is 0 Å². The summed E-state index contributed by atoms with van der Waals surface area (Å²) in [5.74, 6) is 1.80. The van der Waals surface area contributed by atoms with E-state index in [2.05, 4.69) is 95.9 Å². The number of rotatable bonds is 1. The van der Waals surface area contributed by atoms with Gasteiger partial charge in [0.2, 0.25) is 0 Å². The van der Waals surface area contributed by atoms with Crippen molar-refractivity contribution in [2.45, 2.75) is 66.8 Å². The molecule has 0 saturated heterocycles. The van der Waals surface area contributed by atoms with Gasteiger partial charge in [-0.15, -0.1) is 5.11 Å². The number of H-pyrrole nitrogens is 1. The fourth-order valence-electron chi connectivity index (χ4n) is 1.67.